The van der Waals surface area contributed by atoms with Gasteiger partial charge in [0.15, 0.2) is 0 Å². The number of pyridine rings is 1. The third-order valence-corrected chi connectivity index (χ3v) is 5.01. The average Bonchev–Trinajstić information content (AvgIpc) is 2.64. The molecule has 1 aliphatic rings. The minimum Gasteiger partial charge on any atom is -0.481 e. The highest BCUT2D eigenvalue weighted by Crippen LogP contribution is 2.34. The maximum absolute atomic E-state index is 12.9. The first-order valence-corrected chi connectivity index (χ1v) is 8.82. The summed E-state index contributed by atoms with van der Waals surface area (Å²) in [4.78, 5) is 17.8. The van der Waals surface area contributed by atoms with Crippen molar-refractivity contribution in [2.75, 3.05) is 13.1 Å². The number of aryl methyl sites for hydroxylation is 1. The van der Waals surface area contributed by atoms with Gasteiger partial charge < -0.3 is 5.11 Å². The third-order valence-electron chi connectivity index (χ3n) is 5.01. The fourth-order valence-corrected chi connectivity index (χ4v) is 3.47. The molecule has 1 aliphatic heterocycles. The number of alkyl halides is 3. The number of aromatic nitrogens is 1. The van der Waals surface area contributed by atoms with Gasteiger partial charge in [0.1, 0.15) is 0 Å². The number of aliphatic carboxylic acids is 1. The summed E-state index contributed by atoms with van der Waals surface area (Å²) in [6.07, 6.45) is -1.62. The van der Waals surface area contributed by atoms with Crippen molar-refractivity contribution >= 4 is 5.97 Å². The van der Waals surface area contributed by atoms with Gasteiger partial charge in [0.25, 0.3) is 0 Å². The summed E-state index contributed by atoms with van der Waals surface area (Å²) in [7, 11) is 0. The van der Waals surface area contributed by atoms with Crippen molar-refractivity contribution in [3.63, 3.8) is 0 Å². The lowest BCUT2D eigenvalue weighted by Crippen LogP contribution is -2.39. The molecule has 27 heavy (non-hydrogen) atoms. The van der Waals surface area contributed by atoms with Gasteiger partial charge in [-0.2, -0.15) is 13.2 Å². The molecule has 1 unspecified atom stereocenters. The molecule has 3 rings (SSSR count). The van der Waals surface area contributed by atoms with Crippen LogP contribution in [0.4, 0.5) is 13.2 Å². The zero-order valence-electron chi connectivity index (χ0n) is 14.9. The van der Waals surface area contributed by atoms with E-state index in [1.165, 1.54) is 12.1 Å². The number of likely N-dealkylation sites (tertiary alicyclic amines) is 1. The second-order valence-electron chi connectivity index (χ2n) is 6.93. The molecule has 0 amide bonds. The Kier molecular flexibility index (Phi) is 5.51. The number of nitrogens with zero attached hydrogens (tertiary/aromatic N) is 2. The number of halogens is 3. The van der Waals surface area contributed by atoms with Crippen molar-refractivity contribution in [3.05, 3.63) is 65.0 Å². The van der Waals surface area contributed by atoms with E-state index in [9.17, 15) is 23.1 Å². The Hall–Kier alpha value is -2.41. The van der Waals surface area contributed by atoms with E-state index in [0.717, 1.165) is 23.4 Å². The minimum atomic E-state index is -4.38. The topological polar surface area (TPSA) is 53.4 Å². The van der Waals surface area contributed by atoms with E-state index in [2.05, 4.69) is 9.88 Å². The van der Waals surface area contributed by atoms with E-state index in [0.29, 0.717) is 31.5 Å². The van der Waals surface area contributed by atoms with E-state index in [-0.39, 0.29) is 12.0 Å². The van der Waals surface area contributed by atoms with Crippen molar-refractivity contribution in [2.24, 2.45) is 5.92 Å². The van der Waals surface area contributed by atoms with Gasteiger partial charge in [-0.15, -0.1) is 0 Å². The second-order valence-corrected chi connectivity index (χ2v) is 6.93. The quantitative estimate of drug-likeness (QED) is 0.862. The highest BCUT2D eigenvalue weighted by molar-refractivity contribution is 5.70. The van der Waals surface area contributed by atoms with Crippen LogP contribution < -0.4 is 0 Å². The summed E-state index contributed by atoms with van der Waals surface area (Å²) < 4.78 is 38.6. The summed E-state index contributed by atoms with van der Waals surface area (Å²) in [6, 6.07) is 8.63. The molecule has 1 saturated heterocycles. The molecule has 1 aromatic carbocycles. The van der Waals surface area contributed by atoms with Gasteiger partial charge in [-0.25, -0.2) is 0 Å². The average molecular weight is 378 g/mol. The monoisotopic (exact) mass is 378 g/mol. The van der Waals surface area contributed by atoms with Crippen LogP contribution in [0.3, 0.4) is 0 Å². The third kappa shape index (κ3) is 4.47. The van der Waals surface area contributed by atoms with Crippen LogP contribution in [0, 0.1) is 12.8 Å². The highest BCUT2D eigenvalue weighted by Gasteiger charge is 2.33. The molecule has 0 aliphatic carbocycles. The van der Waals surface area contributed by atoms with Gasteiger partial charge in [-0.05, 0) is 62.2 Å². The van der Waals surface area contributed by atoms with Crippen molar-refractivity contribution in [1.29, 1.82) is 0 Å². The zero-order valence-corrected chi connectivity index (χ0v) is 14.9. The van der Waals surface area contributed by atoms with Crippen LogP contribution in [0.15, 0.2) is 42.6 Å². The summed E-state index contributed by atoms with van der Waals surface area (Å²) in [5, 5.41) is 9.20. The zero-order chi connectivity index (χ0) is 19.6. The second kappa shape index (κ2) is 7.68. The largest absolute Gasteiger partial charge is 0.481 e. The molecular formula is C20H21F3N2O2. The lowest BCUT2D eigenvalue weighted by Gasteiger charge is -2.36. The SMILES string of the molecule is Cc1ccc(C(c2ccc(C(F)(F)F)cc2)N2CCC(C(=O)O)CC2)nc1. The normalized spacial score (nSPS) is 17.6. The molecule has 0 radical (unpaired) electrons. The predicted molar refractivity (Wildman–Crippen MR) is 94.2 cm³/mol. The van der Waals surface area contributed by atoms with Gasteiger partial charge in [-0.1, -0.05) is 18.2 Å². The molecular weight excluding hydrogens is 357 g/mol. The lowest BCUT2D eigenvalue weighted by atomic mass is 9.92. The smallest absolute Gasteiger partial charge is 0.416 e. The number of hydrogen-bond donors (Lipinski definition) is 1. The van der Waals surface area contributed by atoms with E-state index in [1.54, 1.807) is 6.20 Å². The molecule has 2 aromatic rings. The number of hydrogen-bond acceptors (Lipinski definition) is 3. The molecule has 4 nitrogen and oxygen atoms in total. The number of carboxylic acids is 1. The van der Waals surface area contributed by atoms with Crippen molar-refractivity contribution in [3.8, 4) is 0 Å². The Morgan fingerprint density at radius 3 is 2.26 bits per heavy atom. The van der Waals surface area contributed by atoms with E-state index in [4.69, 9.17) is 0 Å². The Morgan fingerprint density at radius 1 is 1.15 bits per heavy atom. The molecule has 0 saturated carbocycles. The van der Waals surface area contributed by atoms with E-state index >= 15 is 0 Å². The summed E-state index contributed by atoms with van der Waals surface area (Å²) in [5.74, 6) is -1.17. The first kappa shape index (κ1) is 19.4. The Labute approximate surface area is 155 Å². The molecule has 0 bridgehead atoms. The maximum Gasteiger partial charge on any atom is 0.416 e. The summed E-state index contributed by atoms with van der Waals surface area (Å²) >= 11 is 0. The van der Waals surface area contributed by atoms with Crippen molar-refractivity contribution in [2.45, 2.75) is 32.0 Å². The van der Waals surface area contributed by atoms with Gasteiger partial charge in [0.2, 0.25) is 0 Å². The number of carbonyl (C=O) groups is 1. The summed E-state index contributed by atoms with van der Waals surface area (Å²) in [5.41, 5.74) is 1.77. The van der Waals surface area contributed by atoms with Crippen LogP contribution >= 0.6 is 0 Å². The van der Waals surface area contributed by atoms with Gasteiger partial charge in [0, 0.05) is 6.20 Å². The lowest BCUT2D eigenvalue weighted by molar-refractivity contribution is -0.143. The maximum atomic E-state index is 12.9. The number of rotatable bonds is 4. The van der Waals surface area contributed by atoms with Crippen LogP contribution in [0.2, 0.25) is 0 Å². The van der Waals surface area contributed by atoms with Crippen molar-refractivity contribution in [1.82, 2.24) is 9.88 Å². The first-order valence-electron chi connectivity index (χ1n) is 8.82. The van der Waals surface area contributed by atoms with Crippen LogP contribution in [0.25, 0.3) is 0 Å². The molecule has 1 N–H and O–H groups in total. The molecule has 0 spiro atoms. The molecule has 1 atom stereocenters. The predicted octanol–water partition coefficient (Wildman–Crippen LogP) is 4.29. The molecule has 2 heterocycles. The van der Waals surface area contributed by atoms with Crippen LogP contribution in [0.1, 0.15) is 41.3 Å². The number of carboxylic acid groups (broad SMARTS) is 1. The molecule has 1 fully saturated rings. The number of piperidine rings is 1. The Bertz CT molecular complexity index is 780. The fraction of sp³-hybridized carbons (Fsp3) is 0.400. The minimum absolute atomic E-state index is 0.303. The number of benzene rings is 1. The van der Waals surface area contributed by atoms with Crippen LogP contribution in [0.5, 0.6) is 0 Å². The standard InChI is InChI=1S/C20H21F3N2O2/c1-13-2-7-17(24-12-13)18(25-10-8-15(9-11-25)19(26)27)14-3-5-16(6-4-14)20(21,22)23/h2-7,12,15,18H,8-11H2,1H3,(H,26,27). The Balaban J connectivity index is 1.91. The van der Waals surface area contributed by atoms with E-state index < -0.39 is 17.7 Å². The highest BCUT2D eigenvalue weighted by atomic mass is 19.4. The Morgan fingerprint density at radius 2 is 1.78 bits per heavy atom. The van der Waals surface area contributed by atoms with Gasteiger partial charge >= 0.3 is 12.1 Å². The molecule has 144 valence electrons. The van der Waals surface area contributed by atoms with Crippen molar-refractivity contribution < 1.29 is 23.1 Å². The van der Waals surface area contributed by atoms with Gasteiger partial charge in [-0.3, -0.25) is 14.7 Å². The first-order chi connectivity index (χ1) is 12.8. The molecule has 7 heteroatoms. The fourth-order valence-electron chi connectivity index (χ4n) is 3.47. The molecule has 1 aromatic heterocycles. The summed E-state index contributed by atoms with van der Waals surface area (Å²) in [6.45, 7) is 3.03. The van der Waals surface area contributed by atoms with E-state index in [1.807, 2.05) is 19.1 Å². The van der Waals surface area contributed by atoms with Crippen LogP contribution in [-0.4, -0.2) is 34.0 Å². The van der Waals surface area contributed by atoms with Gasteiger partial charge in [0.05, 0.1) is 23.2 Å². The van der Waals surface area contributed by atoms with Crippen LogP contribution in [-0.2, 0) is 11.0 Å².